The van der Waals surface area contributed by atoms with E-state index in [0.29, 0.717) is 11.3 Å². The summed E-state index contributed by atoms with van der Waals surface area (Å²) in [5.74, 6) is -0.838. The first-order valence-electron chi connectivity index (χ1n) is 11.5. The van der Waals surface area contributed by atoms with Gasteiger partial charge in [-0.2, -0.15) is 0 Å². The van der Waals surface area contributed by atoms with Crippen molar-refractivity contribution >= 4 is 27.6 Å². The molecule has 1 heterocycles. The van der Waals surface area contributed by atoms with Crippen LogP contribution >= 0.6 is 15.9 Å². The van der Waals surface area contributed by atoms with Gasteiger partial charge in [0.2, 0.25) is 0 Å². The highest BCUT2D eigenvalue weighted by molar-refractivity contribution is 9.10. The lowest BCUT2D eigenvalue weighted by Gasteiger charge is -2.35. The molecule has 2 N–H and O–H groups in total. The van der Waals surface area contributed by atoms with Crippen LogP contribution in [0, 0.1) is 13.8 Å². The first-order chi connectivity index (χ1) is 16.4. The van der Waals surface area contributed by atoms with Crippen molar-refractivity contribution in [2.24, 2.45) is 0 Å². The van der Waals surface area contributed by atoms with Gasteiger partial charge in [0.25, 0.3) is 0 Å². The van der Waals surface area contributed by atoms with Crippen LogP contribution in [0.5, 0.6) is 0 Å². The maximum atomic E-state index is 12.2. The molecule has 0 aromatic heterocycles. The van der Waals surface area contributed by atoms with E-state index in [1.165, 1.54) is 27.8 Å². The van der Waals surface area contributed by atoms with Crippen molar-refractivity contribution in [1.82, 2.24) is 0 Å². The number of carboxylic acids is 1. The molecule has 0 bridgehead atoms. The Bertz CT molecular complexity index is 1360. The Morgan fingerprint density at radius 2 is 1.59 bits per heavy atom. The smallest absolute Gasteiger partial charge is 0.337 e. The van der Waals surface area contributed by atoms with Crippen molar-refractivity contribution in [1.29, 1.82) is 0 Å². The molecule has 0 saturated heterocycles. The number of nitrogens with one attached hydrogen (secondary N) is 1. The first kappa shape index (κ1) is 22.4. The number of hydrogen-bond donors (Lipinski definition) is 2. The van der Waals surface area contributed by atoms with Gasteiger partial charge in [-0.05, 0) is 65.8 Å². The van der Waals surface area contributed by atoms with Crippen molar-refractivity contribution in [3.05, 3.63) is 123 Å². The average Bonchev–Trinajstić information content (AvgIpc) is 2.85. The molecular weight excluding hydrogens is 486 g/mol. The molecule has 2 unspecified atom stereocenters. The summed E-state index contributed by atoms with van der Waals surface area (Å²) in [4.78, 5) is 12.2. The predicted molar refractivity (Wildman–Crippen MR) is 142 cm³/mol. The van der Waals surface area contributed by atoms with E-state index >= 15 is 0 Å². The second-order valence-electron chi connectivity index (χ2n) is 9.06. The van der Waals surface area contributed by atoms with E-state index in [4.69, 9.17) is 0 Å². The number of halogens is 1. The minimum Gasteiger partial charge on any atom is -0.478 e. The average molecular weight is 512 g/mol. The number of hydrogen-bond acceptors (Lipinski definition) is 2. The van der Waals surface area contributed by atoms with Crippen molar-refractivity contribution < 1.29 is 9.90 Å². The fourth-order valence-electron chi connectivity index (χ4n) is 5.02. The number of rotatable bonds is 4. The number of benzene rings is 4. The van der Waals surface area contributed by atoms with Gasteiger partial charge >= 0.3 is 5.97 Å². The van der Waals surface area contributed by atoms with Crippen LogP contribution in [0.4, 0.5) is 5.69 Å². The molecule has 2 atom stereocenters. The number of anilines is 1. The number of fused-ring (bicyclic) bond motifs is 1. The monoisotopic (exact) mass is 511 g/mol. The lowest BCUT2D eigenvalue weighted by Crippen LogP contribution is -2.25. The fraction of sp³-hybridized carbons (Fsp3) is 0.167. The van der Waals surface area contributed by atoms with Crippen molar-refractivity contribution in [3.63, 3.8) is 0 Å². The molecule has 34 heavy (non-hydrogen) atoms. The molecule has 1 aliphatic rings. The molecule has 0 saturated carbocycles. The first-order valence-corrected chi connectivity index (χ1v) is 12.3. The molecule has 0 fully saturated rings. The fourth-order valence-corrected chi connectivity index (χ4v) is 5.49. The van der Waals surface area contributed by atoms with E-state index in [1.54, 1.807) is 6.07 Å². The molecule has 5 rings (SSSR count). The predicted octanol–water partition coefficient (Wildman–Crippen LogP) is 8.12. The van der Waals surface area contributed by atoms with E-state index in [9.17, 15) is 9.90 Å². The summed E-state index contributed by atoms with van der Waals surface area (Å²) in [7, 11) is 0. The molecule has 0 spiro atoms. The van der Waals surface area contributed by atoms with Crippen LogP contribution in [0.25, 0.3) is 11.1 Å². The molecule has 1 aliphatic heterocycles. The lowest BCUT2D eigenvalue weighted by molar-refractivity contribution is 0.0697. The zero-order chi connectivity index (χ0) is 23.8. The van der Waals surface area contributed by atoms with E-state index in [-0.39, 0.29) is 12.0 Å². The van der Waals surface area contributed by atoms with E-state index in [1.807, 2.05) is 18.2 Å². The topological polar surface area (TPSA) is 49.3 Å². The molecule has 0 radical (unpaired) electrons. The second-order valence-corrected chi connectivity index (χ2v) is 9.97. The maximum Gasteiger partial charge on any atom is 0.337 e. The molecule has 170 valence electrons. The van der Waals surface area contributed by atoms with E-state index < -0.39 is 5.97 Å². The number of aromatic carboxylic acids is 1. The third-order valence-corrected chi connectivity index (χ3v) is 7.22. The van der Waals surface area contributed by atoms with Crippen LogP contribution in [0.3, 0.4) is 0 Å². The SMILES string of the molecule is Cc1ccc(C)c(C2CC(c3ccc(-c4ccccc4)cc3)Nc3c(C(=O)O)cc(Br)cc32)c1. The Morgan fingerprint density at radius 3 is 2.29 bits per heavy atom. The van der Waals surface area contributed by atoms with Crippen molar-refractivity contribution in [3.8, 4) is 11.1 Å². The summed E-state index contributed by atoms with van der Waals surface area (Å²) >= 11 is 3.54. The van der Waals surface area contributed by atoms with Gasteiger partial charge < -0.3 is 10.4 Å². The maximum absolute atomic E-state index is 12.2. The van der Waals surface area contributed by atoms with Crippen LogP contribution in [-0.2, 0) is 0 Å². The zero-order valence-corrected chi connectivity index (χ0v) is 20.8. The minimum absolute atomic E-state index is 0.00140. The quantitative estimate of drug-likeness (QED) is 0.290. The van der Waals surface area contributed by atoms with Crippen molar-refractivity contribution in [2.75, 3.05) is 5.32 Å². The van der Waals surface area contributed by atoms with Gasteiger partial charge in [-0.1, -0.05) is 94.3 Å². The summed E-state index contributed by atoms with van der Waals surface area (Å²) in [6.07, 6.45) is 0.845. The van der Waals surface area contributed by atoms with Crippen LogP contribution in [-0.4, -0.2) is 11.1 Å². The second kappa shape index (κ2) is 9.11. The van der Waals surface area contributed by atoms with Gasteiger partial charge in [0.05, 0.1) is 17.3 Å². The van der Waals surface area contributed by atoms with Crippen LogP contribution < -0.4 is 5.32 Å². The number of aryl methyl sites for hydroxylation is 2. The molecule has 0 amide bonds. The normalized spacial score (nSPS) is 17.0. The lowest BCUT2D eigenvalue weighted by atomic mass is 9.77. The Kier molecular flexibility index (Phi) is 6.01. The highest BCUT2D eigenvalue weighted by Crippen LogP contribution is 2.47. The highest BCUT2D eigenvalue weighted by Gasteiger charge is 2.32. The third-order valence-electron chi connectivity index (χ3n) is 6.76. The molecule has 3 nitrogen and oxygen atoms in total. The molecular formula is C30H26BrNO2. The van der Waals surface area contributed by atoms with Gasteiger partial charge in [0.1, 0.15) is 0 Å². The molecule has 0 aliphatic carbocycles. The van der Waals surface area contributed by atoms with Crippen LogP contribution in [0.1, 0.15) is 56.6 Å². The van der Waals surface area contributed by atoms with Gasteiger partial charge in [-0.15, -0.1) is 0 Å². The standard InChI is InChI=1S/C30H26BrNO2/c1-18-8-9-19(2)24(14-18)25-17-28(32-29-26(25)15-23(31)16-27(29)30(33)34)22-12-10-21(11-13-22)20-6-4-3-5-7-20/h3-16,25,28,32H,17H2,1-2H3,(H,33,34). The summed E-state index contributed by atoms with van der Waals surface area (Å²) < 4.78 is 0.784. The Hall–Kier alpha value is -3.37. The number of carbonyl (C=O) groups is 1. The van der Waals surface area contributed by atoms with Crippen molar-refractivity contribution in [2.45, 2.75) is 32.2 Å². The van der Waals surface area contributed by atoms with Gasteiger partial charge in [-0.3, -0.25) is 0 Å². The summed E-state index contributed by atoms with van der Waals surface area (Å²) in [5, 5.41) is 13.6. The van der Waals surface area contributed by atoms with Gasteiger partial charge in [0.15, 0.2) is 0 Å². The minimum atomic E-state index is -0.926. The van der Waals surface area contributed by atoms with E-state index in [2.05, 4.69) is 95.8 Å². The largest absolute Gasteiger partial charge is 0.478 e. The molecule has 4 heteroatoms. The zero-order valence-electron chi connectivity index (χ0n) is 19.2. The Balaban J connectivity index is 1.60. The summed E-state index contributed by atoms with van der Waals surface area (Å²) in [6.45, 7) is 4.24. The Morgan fingerprint density at radius 1 is 0.882 bits per heavy atom. The molecule has 4 aromatic rings. The van der Waals surface area contributed by atoms with Crippen LogP contribution in [0.2, 0.25) is 0 Å². The van der Waals surface area contributed by atoms with Gasteiger partial charge in [0, 0.05) is 10.4 Å². The number of carboxylic acid groups (broad SMARTS) is 1. The summed E-state index contributed by atoms with van der Waals surface area (Å²) in [6, 6.07) is 29.2. The summed E-state index contributed by atoms with van der Waals surface area (Å²) in [5.41, 5.74) is 9.22. The Labute approximate surface area is 208 Å². The third kappa shape index (κ3) is 4.26. The highest BCUT2D eigenvalue weighted by atomic mass is 79.9. The van der Waals surface area contributed by atoms with Crippen LogP contribution in [0.15, 0.2) is 89.4 Å². The molecule has 4 aromatic carbocycles. The van der Waals surface area contributed by atoms with E-state index in [0.717, 1.165) is 22.0 Å². The van der Waals surface area contributed by atoms with Gasteiger partial charge in [-0.25, -0.2) is 4.79 Å².